The molecule has 0 aliphatic carbocycles. The molecule has 0 spiro atoms. The summed E-state index contributed by atoms with van der Waals surface area (Å²) in [5, 5.41) is 11.3. The zero-order chi connectivity index (χ0) is 20.7. The molecule has 1 N–H and O–H groups in total. The van der Waals surface area contributed by atoms with Crippen LogP contribution in [0.3, 0.4) is 0 Å². The predicted molar refractivity (Wildman–Crippen MR) is 107 cm³/mol. The van der Waals surface area contributed by atoms with E-state index in [2.05, 4.69) is 5.32 Å². The Morgan fingerprint density at radius 1 is 1.21 bits per heavy atom. The van der Waals surface area contributed by atoms with Crippen molar-refractivity contribution in [1.82, 2.24) is 4.31 Å². The van der Waals surface area contributed by atoms with Gasteiger partial charge in [0.2, 0.25) is 15.9 Å². The highest BCUT2D eigenvalue weighted by Crippen LogP contribution is 2.23. The molecular weight excluding hydrogens is 378 g/mol. The van der Waals surface area contributed by atoms with Crippen molar-refractivity contribution in [1.29, 1.82) is 5.26 Å². The summed E-state index contributed by atoms with van der Waals surface area (Å²) in [6.07, 6.45) is 0.288. The van der Waals surface area contributed by atoms with Gasteiger partial charge >= 0.3 is 0 Å². The number of nitriles is 1. The average molecular weight is 401 g/mol. The molecule has 0 unspecified atom stereocenters. The maximum absolute atomic E-state index is 12.7. The number of nitrogens with zero attached hydrogens (tertiary/aromatic N) is 2. The number of nitrogens with one attached hydrogen (secondary N) is 1. The molecule has 0 atom stereocenters. The molecule has 0 heterocycles. The Kier molecular flexibility index (Phi) is 7.15. The van der Waals surface area contributed by atoms with E-state index in [1.165, 1.54) is 19.2 Å². The molecule has 2 aromatic carbocycles. The largest absolute Gasteiger partial charge is 0.494 e. The Bertz CT molecular complexity index is 980. The van der Waals surface area contributed by atoms with Gasteiger partial charge in [-0.15, -0.1) is 0 Å². The number of benzene rings is 2. The van der Waals surface area contributed by atoms with Crippen molar-refractivity contribution in [2.24, 2.45) is 0 Å². The van der Waals surface area contributed by atoms with Gasteiger partial charge in [-0.3, -0.25) is 4.79 Å². The lowest BCUT2D eigenvalue weighted by atomic mass is 10.1. The molecule has 0 aliphatic rings. The molecule has 0 aliphatic heterocycles. The Balaban J connectivity index is 2.05. The quantitative estimate of drug-likeness (QED) is 0.733. The summed E-state index contributed by atoms with van der Waals surface area (Å²) in [6.45, 7) is 3.79. The minimum Gasteiger partial charge on any atom is -0.494 e. The van der Waals surface area contributed by atoms with Gasteiger partial charge in [0, 0.05) is 12.7 Å². The Morgan fingerprint density at radius 2 is 1.89 bits per heavy atom. The van der Waals surface area contributed by atoms with Gasteiger partial charge in [0.1, 0.15) is 5.75 Å². The average Bonchev–Trinajstić information content (AvgIpc) is 2.65. The van der Waals surface area contributed by atoms with Gasteiger partial charge in [0.15, 0.2) is 0 Å². The molecule has 1 amide bonds. The fourth-order valence-electron chi connectivity index (χ4n) is 2.56. The van der Waals surface area contributed by atoms with E-state index in [1.54, 1.807) is 37.3 Å². The van der Waals surface area contributed by atoms with Gasteiger partial charge in [0.05, 0.1) is 30.5 Å². The summed E-state index contributed by atoms with van der Waals surface area (Å²) in [6, 6.07) is 13.5. The number of hydrogen-bond donors (Lipinski definition) is 1. The standard InChI is InChI=1S/C20H23N3O4S/c1-4-27-19-10-9-18(13-15(19)2)28(25,26)23(3)14-20(24)22-17-7-5-16(6-8-17)11-12-21/h5-10,13H,4,11,14H2,1-3H3,(H,22,24). The predicted octanol–water partition coefficient (Wildman–Crippen LogP) is 2.72. The summed E-state index contributed by atoms with van der Waals surface area (Å²) in [5.74, 6) is 0.170. The number of carbonyl (C=O) groups is 1. The third-order valence-electron chi connectivity index (χ3n) is 4.04. The maximum Gasteiger partial charge on any atom is 0.243 e. The number of likely N-dealkylation sites (N-methyl/N-ethyl adjacent to an activating group) is 1. The van der Waals surface area contributed by atoms with Crippen molar-refractivity contribution in [3.05, 3.63) is 53.6 Å². The van der Waals surface area contributed by atoms with Crippen LogP contribution in [0.5, 0.6) is 5.75 Å². The van der Waals surface area contributed by atoms with Crippen LogP contribution in [0, 0.1) is 18.3 Å². The smallest absolute Gasteiger partial charge is 0.243 e. The molecule has 2 rings (SSSR count). The lowest BCUT2D eigenvalue weighted by Gasteiger charge is -2.18. The molecule has 148 valence electrons. The third-order valence-corrected chi connectivity index (χ3v) is 5.84. The maximum atomic E-state index is 12.7. The first-order valence-corrected chi connectivity index (χ1v) is 10.2. The second-order valence-electron chi connectivity index (χ2n) is 6.20. The van der Waals surface area contributed by atoms with E-state index in [-0.39, 0.29) is 17.9 Å². The molecule has 0 bridgehead atoms. The highest BCUT2D eigenvalue weighted by Gasteiger charge is 2.23. The van der Waals surface area contributed by atoms with Gasteiger partial charge in [-0.2, -0.15) is 9.57 Å². The van der Waals surface area contributed by atoms with Crippen LogP contribution in [0.1, 0.15) is 18.1 Å². The van der Waals surface area contributed by atoms with Gasteiger partial charge in [0.25, 0.3) is 0 Å². The van der Waals surface area contributed by atoms with Crippen LogP contribution in [-0.2, 0) is 21.2 Å². The van der Waals surface area contributed by atoms with Crippen LogP contribution in [0.25, 0.3) is 0 Å². The fraction of sp³-hybridized carbons (Fsp3) is 0.300. The van der Waals surface area contributed by atoms with E-state index in [4.69, 9.17) is 10.00 Å². The first-order valence-electron chi connectivity index (χ1n) is 8.73. The number of ether oxygens (including phenoxy) is 1. The number of carbonyl (C=O) groups excluding carboxylic acids is 1. The molecule has 28 heavy (non-hydrogen) atoms. The van der Waals surface area contributed by atoms with Crippen molar-refractivity contribution >= 4 is 21.6 Å². The van der Waals surface area contributed by atoms with Gasteiger partial charge in [-0.25, -0.2) is 8.42 Å². The highest BCUT2D eigenvalue weighted by molar-refractivity contribution is 7.89. The number of hydrogen-bond acceptors (Lipinski definition) is 5. The molecule has 0 saturated carbocycles. The normalized spacial score (nSPS) is 11.1. The first kappa shape index (κ1) is 21.4. The minimum atomic E-state index is -3.81. The molecule has 0 fully saturated rings. The lowest BCUT2D eigenvalue weighted by Crippen LogP contribution is -2.35. The van der Waals surface area contributed by atoms with Gasteiger partial charge < -0.3 is 10.1 Å². The highest BCUT2D eigenvalue weighted by atomic mass is 32.2. The summed E-state index contributed by atoms with van der Waals surface area (Å²) in [5.41, 5.74) is 2.08. The van der Waals surface area contributed by atoms with Crippen molar-refractivity contribution in [2.75, 3.05) is 25.5 Å². The molecular formula is C20H23N3O4S. The van der Waals surface area contributed by atoms with E-state index in [1.807, 2.05) is 13.0 Å². The van der Waals surface area contributed by atoms with Crippen LogP contribution in [0.4, 0.5) is 5.69 Å². The number of amides is 1. The molecule has 8 heteroatoms. The lowest BCUT2D eigenvalue weighted by molar-refractivity contribution is -0.116. The molecule has 0 saturated heterocycles. The van der Waals surface area contributed by atoms with Crippen LogP contribution < -0.4 is 10.1 Å². The number of aryl methyl sites for hydroxylation is 1. The van der Waals surface area contributed by atoms with Crippen LogP contribution in [0.2, 0.25) is 0 Å². The summed E-state index contributed by atoms with van der Waals surface area (Å²) >= 11 is 0. The molecule has 2 aromatic rings. The fourth-order valence-corrected chi connectivity index (χ4v) is 3.78. The van der Waals surface area contributed by atoms with E-state index in [0.29, 0.717) is 23.6 Å². The minimum absolute atomic E-state index is 0.101. The van der Waals surface area contributed by atoms with Crippen molar-refractivity contribution in [2.45, 2.75) is 25.2 Å². The van der Waals surface area contributed by atoms with Crippen molar-refractivity contribution in [3.63, 3.8) is 0 Å². The summed E-state index contributed by atoms with van der Waals surface area (Å²) < 4.78 is 31.9. The topological polar surface area (TPSA) is 99.5 Å². The van der Waals surface area contributed by atoms with Crippen LogP contribution in [0.15, 0.2) is 47.4 Å². The molecule has 0 radical (unpaired) electrons. The van der Waals surface area contributed by atoms with E-state index in [0.717, 1.165) is 9.87 Å². The number of sulfonamides is 1. The Labute approximate surface area is 165 Å². The second kappa shape index (κ2) is 9.35. The van der Waals surface area contributed by atoms with E-state index in [9.17, 15) is 13.2 Å². The number of anilines is 1. The Hall–Kier alpha value is -2.89. The van der Waals surface area contributed by atoms with E-state index >= 15 is 0 Å². The second-order valence-corrected chi connectivity index (χ2v) is 8.25. The SMILES string of the molecule is CCOc1ccc(S(=O)(=O)N(C)CC(=O)Nc2ccc(CC#N)cc2)cc1C. The number of rotatable bonds is 8. The van der Waals surface area contributed by atoms with Crippen molar-refractivity contribution < 1.29 is 17.9 Å². The third kappa shape index (κ3) is 5.31. The molecule has 7 nitrogen and oxygen atoms in total. The van der Waals surface area contributed by atoms with Crippen molar-refractivity contribution in [3.8, 4) is 11.8 Å². The summed E-state index contributed by atoms with van der Waals surface area (Å²) in [7, 11) is -2.46. The van der Waals surface area contributed by atoms with Crippen LogP contribution >= 0.6 is 0 Å². The monoisotopic (exact) mass is 401 g/mol. The Morgan fingerprint density at radius 3 is 2.46 bits per heavy atom. The van der Waals surface area contributed by atoms with Gasteiger partial charge in [-0.1, -0.05) is 12.1 Å². The van der Waals surface area contributed by atoms with Gasteiger partial charge in [-0.05, 0) is 55.3 Å². The van der Waals surface area contributed by atoms with Crippen LogP contribution in [-0.4, -0.2) is 38.8 Å². The first-order chi connectivity index (χ1) is 13.3. The van der Waals surface area contributed by atoms with E-state index < -0.39 is 15.9 Å². The zero-order valence-electron chi connectivity index (χ0n) is 16.1. The zero-order valence-corrected chi connectivity index (χ0v) is 16.9. The molecule has 0 aromatic heterocycles. The summed E-state index contributed by atoms with van der Waals surface area (Å²) in [4.78, 5) is 12.3.